The van der Waals surface area contributed by atoms with Crippen LogP contribution in [-0.4, -0.2) is 25.0 Å². The zero-order chi connectivity index (χ0) is 13.1. The number of esters is 1. The van der Waals surface area contributed by atoms with E-state index in [4.69, 9.17) is 4.74 Å². The highest BCUT2D eigenvalue weighted by atomic mass is 16.5. The van der Waals surface area contributed by atoms with Gasteiger partial charge in [-0.1, -0.05) is 25.1 Å². The van der Waals surface area contributed by atoms with Crippen molar-refractivity contribution in [3.63, 3.8) is 0 Å². The molecule has 4 nitrogen and oxygen atoms in total. The molecule has 1 aromatic rings. The minimum Gasteiger partial charge on any atom is -0.465 e. The molecule has 1 aliphatic rings. The zero-order valence-corrected chi connectivity index (χ0v) is 10.7. The Morgan fingerprint density at radius 1 is 1.33 bits per heavy atom. The molecule has 18 heavy (non-hydrogen) atoms. The van der Waals surface area contributed by atoms with Gasteiger partial charge < -0.3 is 9.64 Å². The highest BCUT2D eigenvalue weighted by Crippen LogP contribution is 2.37. The van der Waals surface area contributed by atoms with Crippen LogP contribution in [0.5, 0.6) is 0 Å². The van der Waals surface area contributed by atoms with Crippen molar-refractivity contribution in [3.05, 3.63) is 29.8 Å². The molecule has 1 atom stereocenters. The average Bonchev–Trinajstić information content (AvgIpc) is 2.64. The number of ether oxygens (including phenoxy) is 1. The number of benzene rings is 1. The summed E-state index contributed by atoms with van der Waals surface area (Å²) in [7, 11) is 0. The molecule has 1 aliphatic heterocycles. The molecule has 0 fully saturated rings. The van der Waals surface area contributed by atoms with Gasteiger partial charge in [-0.05, 0) is 25.0 Å². The smallest absolute Gasteiger partial charge is 0.323 e. The Morgan fingerprint density at radius 2 is 2.06 bits per heavy atom. The number of anilines is 1. The molecule has 0 N–H and O–H groups in total. The van der Waals surface area contributed by atoms with Gasteiger partial charge in [0.1, 0.15) is 0 Å². The molecule has 0 aromatic heterocycles. The summed E-state index contributed by atoms with van der Waals surface area (Å²) in [5.41, 5.74) is 1.59. The molecule has 0 saturated carbocycles. The monoisotopic (exact) mass is 247 g/mol. The van der Waals surface area contributed by atoms with Crippen molar-refractivity contribution in [1.82, 2.24) is 0 Å². The van der Waals surface area contributed by atoms with Crippen LogP contribution < -0.4 is 4.90 Å². The van der Waals surface area contributed by atoms with Gasteiger partial charge in [-0.25, -0.2) is 0 Å². The van der Waals surface area contributed by atoms with E-state index in [1.807, 2.05) is 31.2 Å². The summed E-state index contributed by atoms with van der Waals surface area (Å²) in [5.74, 6) is -1.40. The van der Waals surface area contributed by atoms with E-state index >= 15 is 0 Å². The first-order chi connectivity index (χ1) is 8.70. The summed E-state index contributed by atoms with van der Waals surface area (Å²) < 4.78 is 4.99. The van der Waals surface area contributed by atoms with Crippen molar-refractivity contribution in [1.29, 1.82) is 0 Å². The summed E-state index contributed by atoms with van der Waals surface area (Å²) in [6.07, 6.45) is 0.857. The average molecular weight is 247 g/mol. The fourth-order valence-corrected chi connectivity index (χ4v) is 2.29. The van der Waals surface area contributed by atoms with Crippen molar-refractivity contribution in [2.24, 2.45) is 0 Å². The molecule has 0 radical (unpaired) electrons. The molecule has 1 aromatic carbocycles. The van der Waals surface area contributed by atoms with E-state index in [0.717, 1.165) is 17.7 Å². The van der Waals surface area contributed by atoms with E-state index in [1.54, 1.807) is 11.8 Å². The van der Waals surface area contributed by atoms with E-state index in [2.05, 4.69) is 0 Å². The number of rotatable bonds is 4. The Morgan fingerprint density at radius 3 is 2.72 bits per heavy atom. The molecule has 96 valence electrons. The van der Waals surface area contributed by atoms with Crippen LogP contribution in [0, 0.1) is 0 Å². The van der Waals surface area contributed by atoms with E-state index in [-0.39, 0.29) is 5.91 Å². The van der Waals surface area contributed by atoms with E-state index in [1.165, 1.54) is 0 Å². The third-order valence-corrected chi connectivity index (χ3v) is 3.02. The van der Waals surface area contributed by atoms with Crippen LogP contribution in [0.1, 0.15) is 31.7 Å². The molecule has 0 bridgehead atoms. The first-order valence-corrected chi connectivity index (χ1v) is 6.27. The number of hydrogen-bond donors (Lipinski definition) is 0. The maximum atomic E-state index is 12.3. The fourth-order valence-electron chi connectivity index (χ4n) is 2.29. The maximum absolute atomic E-state index is 12.3. The van der Waals surface area contributed by atoms with Gasteiger partial charge in [0, 0.05) is 12.2 Å². The predicted molar refractivity (Wildman–Crippen MR) is 68.5 cm³/mol. The van der Waals surface area contributed by atoms with Crippen LogP contribution in [-0.2, 0) is 14.3 Å². The molecule has 1 heterocycles. The Labute approximate surface area is 107 Å². The lowest BCUT2D eigenvalue weighted by Crippen LogP contribution is -2.32. The molecule has 0 aliphatic carbocycles. The lowest BCUT2D eigenvalue weighted by molar-refractivity contribution is -0.147. The van der Waals surface area contributed by atoms with Gasteiger partial charge in [-0.2, -0.15) is 0 Å². The molecule has 1 amide bonds. The highest BCUT2D eigenvalue weighted by molar-refractivity contribution is 6.16. The van der Waals surface area contributed by atoms with Crippen LogP contribution in [0.25, 0.3) is 0 Å². The Hall–Kier alpha value is -1.84. The lowest BCUT2D eigenvalue weighted by atomic mass is 10.0. The van der Waals surface area contributed by atoms with E-state index < -0.39 is 11.9 Å². The van der Waals surface area contributed by atoms with Crippen LogP contribution in [0.2, 0.25) is 0 Å². The zero-order valence-electron chi connectivity index (χ0n) is 10.7. The van der Waals surface area contributed by atoms with Crippen molar-refractivity contribution in [2.75, 3.05) is 18.1 Å². The third-order valence-electron chi connectivity index (χ3n) is 3.02. The van der Waals surface area contributed by atoms with Crippen LogP contribution >= 0.6 is 0 Å². The van der Waals surface area contributed by atoms with Gasteiger partial charge >= 0.3 is 5.97 Å². The molecule has 1 unspecified atom stereocenters. The van der Waals surface area contributed by atoms with E-state index in [9.17, 15) is 9.59 Å². The number of amides is 1. The van der Waals surface area contributed by atoms with Crippen molar-refractivity contribution >= 4 is 17.6 Å². The molecule has 0 spiro atoms. The molecular formula is C14H17NO3. The van der Waals surface area contributed by atoms with Crippen molar-refractivity contribution < 1.29 is 14.3 Å². The first kappa shape index (κ1) is 12.6. The van der Waals surface area contributed by atoms with Gasteiger partial charge in [-0.15, -0.1) is 0 Å². The van der Waals surface area contributed by atoms with E-state index in [0.29, 0.717) is 13.2 Å². The topological polar surface area (TPSA) is 46.6 Å². The maximum Gasteiger partial charge on any atom is 0.323 e. The Bertz CT molecular complexity index is 470. The Kier molecular flexibility index (Phi) is 3.65. The number of carbonyl (C=O) groups excluding carboxylic acids is 2. The van der Waals surface area contributed by atoms with Gasteiger partial charge in [0.25, 0.3) is 0 Å². The summed E-state index contributed by atoms with van der Waals surface area (Å²) in [4.78, 5) is 25.9. The van der Waals surface area contributed by atoms with Crippen LogP contribution in [0.4, 0.5) is 5.69 Å². The first-order valence-electron chi connectivity index (χ1n) is 6.27. The standard InChI is InChI=1S/C14H17NO3/c1-3-9-15-11-8-6-5-7-10(11)12(13(15)16)14(17)18-4-2/h5-8,12H,3-4,9H2,1-2H3. The highest BCUT2D eigenvalue weighted by Gasteiger charge is 2.42. The minimum absolute atomic E-state index is 0.170. The van der Waals surface area contributed by atoms with Crippen molar-refractivity contribution in [2.45, 2.75) is 26.2 Å². The SMILES string of the molecule is CCCN1C(=O)C(C(=O)OCC)c2ccccc21. The number of carbonyl (C=O) groups is 2. The minimum atomic E-state index is -0.785. The summed E-state index contributed by atoms with van der Waals surface area (Å²) in [6.45, 7) is 4.67. The van der Waals surface area contributed by atoms with Gasteiger partial charge in [0.2, 0.25) is 5.91 Å². The number of nitrogens with zero attached hydrogens (tertiary/aromatic N) is 1. The summed E-state index contributed by atoms with van der Waals surface area (Å²) in [6, 6.07) is 7.42. The summed E-state index contributed by atoms with van der Waals surface area (Å²) in [5, 5.41) is 0. The molecule has 0 saturated heterocycles. The van der Waals surface area contributed by atoms with Crippen LogP contribution in [0.15, 0.2) is 24.3 Å². The van der Waals surface area contributed by atoms with Gasteiger partial charge in [0.15, 0.2) is 5.92 Å². The fraction of sp³-hybridized carbons (Fsp3) is 0.429. The normalized spacial score (nSPS) is 17.8. The number of fused-ring (bicyclic) bond motifs is 1. The quantitative estimate of drug-likeness (QED) is 0.604. The lowest BCUT2D eigenvalue weighted by Gasteiger charge is -2.16. The predicted octanol–water partition coefficient (Wildman–Crippen LogP) is 2.09. The van der Waals surface area contributed by atoms with Crippen LogP contribution in [0.3, 0.4) is 0 Å². The second kappa shape index (κ2) is 5.21. The van der Waals surface area contributed by atoms with Gasteiger partial charge in [-0.3, -0.25) is 9.59 Å². The van der Waals surface area contributed by atoms with Crippen molar-refractivity contribution in [3.8, 4) is 0 Å². The second-order valence-electron chi connectivity index (χ2n) is 4.23. The Balaban J connectivity index is 2.38. The largest absolute Gasteiger partial charge is 0.465 e. The number of hydrogen-bond acceptors (Lipinski definition) is 3. The number of para-hydroxylation sites is 1. The molecular weight excluding hydrogens is 230 g/mol. The molecule has 2 rings (SSSR count). The van der Waals surface area contributed by atoms with Gasteiger partial charge in [0.05, 0.1) is 6.61 Å². The second-order valence-corrected chi connectivity index (χ2v) is 4.23. The summed E-state index contributed by atoms with van der Waals surface area (Å²) >= 11 is 0. The molecule has 4 heteroatoms. The third kappa shape index (κ3) is 1.98.